The first kappa shape index (κ1) is 20.4. The van der Waals surface area contributed by atoms with E-state index in [2.05, 4.69) is 15.6 Å². The van der Waals surface area contributed by atoms with Gasteiger partial charge in [0.25, 0.3) is 5.91 Å². The van der Waals surface area contributed by atoms with Crippen molar-refractivity contribution in [2.75, 3.05) is 5.32 Å². The summed E-state index contributed by atoms with van der Waals surface area (Å²) in [5, 5.41) is 7.58. The lowest BCUT2D eigenvalue weighted by Gasteiger charge is -2.03. The van der Waals surface area contributed by atoms with Gasteiger partial charge in [-0.15, -0.1) is 11.3 Å². The number of anilines is 1. The van der Waals surface area contributed by atoms with Crippen LogP contribution in [0.4, 0.5) is 5.13 Å². The van der Waals surface area contributed by atoms with E-state index in [1.54, 1.807) is 29.6 Å². The second-order valence-electron chi connectivity index (χ2n) is 6.54. The van der Waals surface area contributed by atoms with Crippen LogP contribution < -0.4 is 15.4 Å². The Hall–Kier alpha value is -3.85. The summed E-state index contributed by atoms with van der Waals surface area (Å²) in [6, 6.07) is 16.2. The van der Waals surface area contributed by atoms with Gasteiger partial charge in [-0.2, -0.15) is 0 Å². The lowest BCUT2D eigenvalue weighted by Crippen LogP contribution is -2.18. The van der Waals surface area contributed by atoms with Crippen LogP contribution >= 0.6 is 11.3 Å². The molecule has 0 saturated heterocycles. The molecule has 0 bridgehead atoms. The van der Waals surface area contributed by atoms with E-state index >= 15 is 0 Å². The van der Waals surface area contributed by atoms with Crippen LogP contribution in [0.15, 0.2) is 68.8 Å². The Bertz CT molecular complexity index is 1180. The molecule has 0 saturated carbocycles. The van der Waals surface area contributed by atoms with E-state index in [1.165, 1.54) is 18.3 Å². The zero-order valence-electron chi connectivity index (χ0n) is 16.6. The fourth-order valence-corrected chi connectivity index (χ4v) is 3.37. The molecule has 0 aliphatic rings. The molecule has 4 aromatic rings. The van der Waals surface area contributed by atoms with Gasteiger partial charge in [0, 0.05) is 12.3 Å². The van der Waals surface area contributed by atoms with Gasteiger partial charge < -0.3 is 18.9 Å². The lowest BCUT2D eigenvalue weighted by atomic mass is 10.3. The summed E-state index contributed by atoms with van der Waals surface area (Å²) in [5.41, 5.74) is 0.589. The summed E-state index contributed by atoms with van der Waals surface area (Å²) in [6.45, 7) is 1.97. The smallest absolute Gasteiger partial charge is 0.293 e. The minimum atomic E-state index is -0.405. The van der Waals surface area contributed by atoms with Crippen LogP contribution in [0.25, 0.3) is 11.5 Å². The molecule has 0 fully saturated rings. The highest BCUT2D eigenvalue weighted by atomic mass is 32.1. The molecule has 31 heavy (non-hydrogen) atoms. The first-order valence-electron chi connectivity index (χ1n) is 9.44. The number of para-hydroxylation sites is 1. The van der Waals surface area contributed by atoms with Gasteiger partial charge in [-0.25, -0.2) is 4.98 Å². The van der Waals surface area contributed by atoms with Crippen molar-refractivity contribution < 1.29 is 23.2 Å². The lowest BCUT2D eigenvalue weighted by molar-refractivity contribution is -0.119. The van der Waals surface area contributed by atoms with E-state index in [4.69, 9.17) is 13.6 Å². The second kappa shape index (κ2) is 9.31. The van der Waals surface area contributed by atoms with Crippen molar-refractivity contribution in [3.05, 3.63) is 77.3 Å². The van der Waals surface area contributed by atoms with Crippen molar-refractivity contribution in [2.24, 2.45) is 0 Å². The minimum Gasteiger partial charge on any atom is -0.486 e. The van der Waals surface area contributed by atoms with E-state index in [9.17, 15) is 9.59 Å². The first-order chi connectivity index (χ1) is 15.1. The Morgan fingerprint density at radius 1 is 1.03 bits per heavy atom. The molecule has 4 rings (SSSR count). The van der Waals surface area contributed by atoms with Crippen molar-refractivity contribution in [3.63, 3.8) is 0 Å². The summed E-state index contributed by atoms with van der Waals surface area (Å²) in [6.07, 6.45) is 0. The van der Waals surface area contributed by atoms with Crippen LogP contribution in [0.2, 0.25) is 0 Å². The number of rotatable bonds is 8. The molecule has 0 radical (unpaired) electrons. The molecule has 3 aromatic heterocycles. The van der Waals surface area contributed by atoms with Gasteiger partial charge >= 0.3 is 0 Å². The van der Waals surface area contributed by atoms with Gasteiger partial charge in [-0.3, -0.25) is 14.9 Å². The number of carbonyl (C=O) groups is 2. The van der Waals surface area contributed by atoms with Crippen molar-refractivity contribution in [1.82, 2.24) is 10.3 Å². The number of aromatic nitrogens is 1. The number of carbonyl (C=O) groups excluding carboxylic acids is 2. The van der Waals surface area contributed by atoms with E-state index < -0.39 is 5.91 Å². The normalized spacial score (nSPS) is 10.6. The largest absolute Gasteiger partial charge is 0.486 e. The number of benzene rings is 1. The summed E-state index contributed by atoms with van der Waals surface area (Å²) in [7, 11) is 0. The Kier molecular flexibility index (Phi) is 6.13. The van der Waals surface area contributed by atoms with Crippen molar-refractivity contribution in [3.8, 4) is 17.2 Å². The van der Waals surface area contributed by atoms with Gasteiger partial charge in [0.2, 0.25) is 5.91 Å². The number of hydrogen-bond donors (Lipinski definition) is 2. The van der Waals surface area contributed by atoms with Gasteiger partial charge in [0.05, 0.1) is 6.54 Å². The fraction of sp³-hybridized carbons (Fsp3) is 0.136. The molecular formula is C22H19N3O5S. The minimum absolute atomic E-state index is 0.135. The second-order valence-corrected chi connectivity index (χ2v) is 7.39. The van der Waals surface area contributed by atoms with E-state index in [1.807, 2.05) is 30.3 Å². The number of furan rings is 2. The summed E-state index contributed by atoms with van der Waals surface area (Å²) in [4.78, 5) is 27.8. The third kappa shape index (κ3) is 5.40. The molecular weight excluding hydrogens is 418 g/mol. The SMILES string of the molecule is CC(=O)NCc1ccc(-c2csc(NC(=O)c3ccc(COc4ccccc4)o3)n2)o1. The molecule has 0 atom stereocenters. The van der Waals surface area contributed by atoms with Crippen LogP contribution in [0, 0.1) is 0 Å². The fourth-order valence-electron chi connectivity index (χ4n) is 2.67. The monoisotopic (exact) mass is 437 g/mol. The summed E-state index contributed by atoms with van der Waals surface area (Å²) < 4.78 is 16.9. The molecule has 2 N–H and O–H groups in total. The topological polar surface area (TPSA) is 107 Å². The first-order valence-corrected chi connectivity index (χ1v) is 10.3. The molecule has 0 aliphatic carbocycles. The Balaban J connectivity index is 1.34. The Labute approximate surface area is 181 Å². The predicted molar refractivity (Wildman–Crippen MR) is 115 cm³/mol. The highest BCUT2D eigenvalue weighted by Gasteiger charge is 2.15. The van der Waals surface area contributed by atoms with Gasteiger partial charge in [0.15, 0.2) is 16.7 Å². The molecule has 8 nitrogen and oxygen atoms in total. The predicted octanol–water partition coefficient (Wildman–Crippen LogP) is 4.46. The number of amides is 2. The van der Waals surface area contributed by atoms with Crippen LogP contribution in [0.5, 0.6) is 5.75 Å². The Morgan fingerprint density at radius 3 is 2.65 bits per heavy atom. The van der Waals surface area contributed by atoms with Crippen LogP contribution in [0.3, 0.4) is 0 Å². The van der Waals surface area contributed by atoms with Crippen molar-refractivity contribution in [1.29, 1.82) is 0 Å². The van der Waals surface area contributed by atoms with Crippen LogP contribution in [-0.2, 0) is 17.9 Å². The maximum Gasteiger partial charge on any atom is 0.293 e. The zero-order valence-corrected chi connectivity index (χ0v) is 17.4. The number of ether oxygens (including phenoxy) is 1. The van der Waals surface area contributed by atoms with Gasteiger partial charge in [-0.05, 0) is 36.4 Å². The number of nitrogens with one attached hydrogen (secondary N) is 2. The molecule has 1 aromatic carbocycles. The van der Waals surface area contributed by atoms with Crippen molar-refractivity contribution >= 4 is 28.3 Å². The summed E-state index contributed by atoms with van der Waals surface area (Å²) in [5.74, 6) is 2.05. The molecule has 0 spiro atoms. The number of thiazole rings is 1. The van der Waals surface area contributed by atoms with Gasteiger partial charge in [-0.1, -0.05) is 18.2 Å². The van der Waals surface area contributed by atoms with Crippen LogP contribution in [-0.4, -0.2) is 16.8 Å². The third-order valence-electron chi connectivity index (χ3n) is 4.16. The molecule has 3 heterocycles. The molecule has 0 aliphatic heterocycles. The molecule has 0 unspecified atom stereocenters. The van der Waals surface area contributed by atoms with Gasteiger partial charge in [0.1, 0.15) is 29.6 Å². The maximum atomic E-state index is 12.5. The van der Waals surface area contributed by atoms with Crippen LogP contribution in [0.1, 0.15) is 29.0 Å². The molecule has 9 heteroatoms. The highest BCUT2D eigenvalue weighted by molar-refractivity contribution is 7.14. The molecule has 2 amide bonds. The quantitative estimate of drug-likeness (QED) is 0.421. The molecule has 158 valence electrons. The third-order valence-corrected chi connectivity index (χ3v) is 4.92. The zero-order chi connectivity index (χ0) is 21.6. The average Bonchev–Trinajstić information content (AvgIpc) is 3.52. The van der Waals surface area contributed by atoms with E-state index in [0.29, 0.717) is 34.7 Å². The van der Waals surface area contributed by atoms with Crippen molar-refractivity contribution in [2.45, 2.75) is 20.1 Å². The maximum absolute atomic E-state index is 12.5. The average molecular weight is 437 g/mol. The van der Waals surface area contributed by atoms with E-state index in [0.717, 1.165) is 5.75 Å². The highest BCUT2D eigenvalue weighted by Crippen LogP contribution is 2.27. The Morgan fingerprint density at radius 2 is 1.84 bits per heavy atom. The number of nitrogens with zero attached hydrogens (tertiary/aromatic N) is 1. The standard InChI is InChI=1S/C22H19N3O5S/c1-14(26)23-11-16-7-9-19(29-16)18-13-31-22(24-18)25-21(27)20-10-8-17(30-20)12-28-15-5-3-2-4-6-15/h2-10,13H,11-12H2,1H3,(H,23,26)(H,24,25,27). The number of hydrogen-bond acceptors (Lipinski definition) is 7. The van der Waals surface area contributed by atoms with E-state index in [-0.39, 0.29) is 18.3 Å². The summed E-state index contributed by atoms with van der Waals surface area (Å²) >= 11 is 1.27.